The highest BCUT2D eigenvalue weighted by molar-refractivity contribution is 6.42. The highest BCUT2D eigenvalue weighted by Crippen LogP contribution is 2.27. The van der Waals surface area contributed by atoms with Crippen molar-refractivity contribution in [3.63, 3.8) is 0 Å². The molecule has 2 rings (SSSR count). The van der Waals surface area contributed by atoms with E-state index in [4.69, 9.17) is 28.9 Å². The highest BCUT2D eigenvalue weighted by Gasteiger charge is 2.14. The molecule has 0 aliphatic heterocycles. The van der Waals surface area contributed by atoms with Gasteiger partial charge in [0.1, 0.15) is 0 Å². The summed E-state index contributed by atoms with van der Waals surface area (Å²) < 4.78 is 0. The topological polar surface area (TPSA) is 26.0 Å². The van der Waals surface area contributed by atoms with E-state index < -0.39 is 0 Å². The zero-order valence-electron chi connectivity index (χ0n) is 12.7. The Kier molecular flexibility index (Phi) is 4.98. The first-order valence-electron chi connectivity index (χ1n) is 7.07. The van der Waals surface area contributed by atoms with Crippen LogP contribution >= 0.6 is 23.2 Å². The van der Waals surface area contributed by atoms with Crippen LogP contribution in [0.3, 0.4) is 0 Å². The van der Waals surface area contributed by atoms with Gasteiger partial charge in [-0.3, -0.25) is 0 Å². The molecule has 1 nitrogen and oxygen atoms in total. The SMILES string of the molecule is CC(C)(C)c1ccc(C(N)Cc2ccc(Cl)c(Cl)c2)cc1. The summed E-state index contributed by atoms with van der Waals surface area (Å²) in [5, 5.41) is 1.15. The lowest BCUT2D eigenvalue weighted by molar-refractivity contribution is 0.589. The normalized spacial score (nSPS) is 13.2. The van der Waals surface area contributed by atoms with Crippen LogP contribution in [0, 0.1) is 0 Å². The minimum absolute atomic E-state index is 0.0451. The predicted octanol–water partition coefficient (Wildman–Crippen LogP) is 5.53. The Balaban J connectivity index is 2.13. The molecule has 0 fully saturated rings. The molecular weight excluding hydrogens is 301 g/mol. The summed E-state index contributed by atoms with van der Waals surface area (Å²) in [5.74, 6) is 0. The number of benzene rings is 2. The van der Waals surface area contributed by atoms with Crippen molar-refractivity contribution < 1.29 is 0 Å². The average molecular weight is 322 g/mol. The van der Waals surface area contributed by atoms with Crippen LogP contribution in [0.5, 0.6) is 0 Å². The second-order valence-corrected chi connectivity index (χ2v) is 7.25. The van der Waals surface area contributed by atoms with E-state index in [1.165, 1.54) is 5.56 Å². The van der Waals surface area contributed by atoms with Gasteiger partial charge in [0.2, 0.25) is 0 Å². The van der Waals surface area contributed by atoms with Crippen LogP contribution in [0.15, 0.2) is 42.5 Å². The fourth-order valence-electron chi connectivity index (χ4n) is 2.27. The lowest BCUT2D eigenvalue weighted by Crippen LogP contribution is -2.15. The summed E-state index contributed by atoms with van der Waals surface area (Å²) in [4.78, 5) is 0. The summed E-state index contributed by atoms with van der Waals surface area (Å²) in [6.07, 6.45) is 0.742. The van der Waals surface area contributed by atoms with E-state index in [0.717, 1.165) is 17.5 Å². The van der Waals surface area contributed by atoms with Crippen LogP contribution in [-0.4, -0.2) is 0 Å². The van der Waals surface area contributed by atoms with Gasteiger partial charge in [-0.15, -0.1) is 0 Å². The smallest absolute Gasteiger partial charge is 0.0595 e. The summed E-state index contributed by atoms with van der Waals surface area (Å²) in [5.41, 5.74) is 10.00. The van der Waals surface area contributed by atoms with Crippen LogP contribution in [0.25, 0.3) is 0 Å². The Labute approximate surface area is 137 Å². The minimum Gasteiger partial charge on any atom is -0.324 e. The molecule has 0 aliphatic carbocycles. The van der Waals surface area contributed by atoms with E-state index in [2.05, 4.69) is 45.0 Å². The zero-order valence-corrected chi connectivity index (χ0v) is 14.2. The molecule has 2 aromatic carbocycles. The number of nitrogens with two attached hydrogens (primary N) is 1. The van der Waals surface area contributed by atoms with Gasteiger partial charge in [-0.1, -0.05) is 74.3 Å². The molecule has 0 saturated heterocycles. The maximum absolute atomic E-state index is 6.30. The van der Waals surface area contributed by atoms with Gasteiger partial charge >= 0.3 is 0 Å². The lowest BCUT2D eigenvalue weighted by atomic mass is 9.86. The molecule has 112 valence electrons. The molecule has 0 amide bonds. The largest absolute Gasteiger partial charge is 0.324 e. The number of halogens is 2. The van der Waals surface area contributed by atoms with Crippen LogP contribution < -0.4 is 5.73 Å². The third kappa shape index (κ3) is 4.23. The second kappa shape index (κ2) is 6.39. The second-order valence-electron chi connectivity index (χ2n) is 6.43. The average Bonchev–Trinajstić information content (AvgIpc) is 2.42. The third-order valence-corrected chi connectivity index (χ3v) is 4.38. The standard InChI is InChI=1S/C18H21Cl2N/c1-18(2,3)14-7-5-13(6-8-14)17(21)11-12-4-9-15(19)16(20)10-12/h4-10,17H,11,21H2,1-3H3. The Morgan fingerprint density at radius 2 is 1.57 bits per heavy atom. The molecule has 0 bridgehead atoms. The van der Waals surface area contributed by atoms with E-state index in [-0.39, 0.29) is 11.5 Å². The maximum atomic E-state index is 6.30. The first-order chi connectivity index (χ1) is 9.77. The van der Waals surface area contributed by atoms with Crippen molar-refractivity contribution in [2.75, 3.05) is 0 Å². The van der Waals surface area contributed by atoms with Gasteiger partial charge in [-0.05, 0) is 40.7 Å². The Morgan fingerprint density at radius 3 is 2.10 bits per heavy atom. The van der Waals surface area contributed by atoms with Crippen LogP contribution in [0.1, 0.15) is 43.5 Å². The van der Waals surface area contributed by atoms with E-state index in [1.807, 2.05) is 18.2 Å². The molecule has 0 aromatic heterocycles. The first kappa shape index (κ1) is 16.4. The van der Waals surface area contributed by atoms with E-state index in [0.29, 0.717) is 10.0 Å². The highest BCUT2D eigenvalue weighted by atomic mass is 35.5. The quantitative estimate of drug-likeness (QED) is 0.789. The molecule has 0 radical (unpaired) electrons. The molecule has 3 heteroatoms. The van der Waals surface area contributed by atoms with E-state index >= 15 is 0 Å². The van der Waals surface area contributed by atoms with Crippen LogP contribution in [0.2, 0.25) is 10.0 Å². The van der Waals surface area contributed by atoms with Gasteiger partial charge in [-0.25, -0.2) is 0 Å². The van der Waals surface area contributed by atoms with Crippen molar-refractivity contribution in [1.29, 1.82) is 0 Å². The number of rotatable bonds is 3. The monoisotopic (exact) mass is 321 g/mol. The number of hydrogen-bond acceptors (Lipinski definition) is 1. The van der Waals surface area contributed by atoms with Crippen molar-refractivity contribution in [1.82, 2.24) is 0 Å². The van der Waals surface area contributed by atoms with Gasteiger partial charge in [-0.2, -0.15) is 0 Å². The summed E-state index contributed by atoms with van der Waals surface area (Å²) >= 11 is 12.0. The predicted molar refractivity (Wildman–Crippen MR) is 92.2 cm³/mol. The zero-order chi connectivity index (χ0) is 15.6. The fourth-order valence-corrected chi connectivity index (χ4v) is 2.59. The molecule has 0 heterocycles. The van der Waals surface area contributed by atoms with Crippen molar-refractivity contribution in [2.45, 2.75) is 38.6 Å². The number of hydrogen-bond donors (Lipinski definition) is 1. The molecule has 0 saturated carbocycles. The molecule has 0 spiro atoms. The third-order valence-electron chi connectivity index (χ3n) is 3.64. The van der Waals surface area contributed by atoms with Gasteiger partial charge in [0, 0.05) is 6.04 Å². The van der Waals surface area contributed by atoms with Crippen molar-refractivity contribution >= 4 is 23.2 Å². The molecule has 21 heavy (non-hydrogen) atoms. The molecule has 1 atom stereocenters. The minimum atomic E-state index is -0.0451. The van der Waals surface area contributed by atoms with Crippen molar-refractivity contribution in [3.05, 3.63) is 69.2 Å². The van der Waals surface area contributed by atoms with E-state index in [9.17, 15) is 0 Å². The maximum Gasteiger partial charge on any atom is 0.0595 e. The van der Waals surface area contributed by atoms with Gasteiger partial charge < -0.3 is 5.73 Å². The molecule has 0 aliphatic rings. The molecule has 2 N–H and O–H groups in total. The molecule has 1 unspecified atom stereocenters. The first-order valence-corrected chi connectivity index (χ1v) is 7.83. The fraction of sp³-hybridized carbons (Fsp3) is 0.333. The van der Waals surface area contributed by atoms with Crippen LogP contribution in [-0.2, 0) is 11.8 Å². The van der Waals surface area contributed by atoms with Gasteiger partial charge in [0.25, 0.3) is 0 Å². The van der Waals surface area contributed by atoms with E-state index in [1.54, 1.807) is 0 Å². The Morgan fingerprint density at radius 1 is 0.952 bits per heavy atom. The summed E-state index contributed by atoms with van der Waals surface area (Å²) in [7, 11) is 0. The summed E-state index contributed by atoms with van der Waals surface area (Å²) in [6, 6.07) is 14.2. The Hall–Kier alpha value is -1.02. The summed E-state index contributed by atoms with van der Waals surface area (Å²) in [6.45, 7) is 6.62. The lowest BCUT2D eigenvalue weighted by Gasteiger charge is -2.20. The molecule has 2 aromatic rings. The Bertz CT molecular complexity index is 612. The molecular formula is C18H21Cl2N. The van der Waals surface area contributed by atoms with Gasteiger partial charge in [0.15, 0.2) is 0 Å². The van der Waals surface area contributed by atoms with Gasteiger partial charge in [0.05, 0.1) is 10.0 Å². The van der Waals surface area contributed by atoms with Crippen molar-refractivity contribution in [2.24, 2.45) is 5.73 Å². The van der Waals surface area contributed by atoms with Crippen molar-refractivity contribution in [3.8, 4) is 0 Å². The van der Waals surface area contributed by atoms with Crippen LogP contribution in [0.4, 0.5) is 0 Å².